The Morgan fingerprint density at radius 1 is 1.17 bits per heavy atom. The molecule has 8 nitrogen and oxygen atoms in total. The molecule has 0 bridgehead atoms. The zero-order valence-corrected chi connectivity index (χ0v) is 16.6. The molecule has 8 heteroatoms. The number of methoxy groups -OCH3 is 1. The average molecular weight is 409 g/mol. The maximum absolute atomic E-state index is 12.6. The van der Waals surface area contributed by atoms with E-state index in [1.54, 1.807) is 36.3 Å². The molecule has 0 radical (unpaired) electrons. The van der Waals surface area contributed by atoms with Gasteiger partial charge in [0.25, 0.3) is 0 Å². The fourth-order valence-electron chi connectivity index (χ4n) is 3.97. The van der Waals surface area contributed by atoms with Gasteiger partial charge in [0.2, 0.25) is 11.8 Å². The van der Waals surface area contributed by atoms with Gasteiger partial charge in [-0.05, 0) is 30.3 Å². The summed E-state index contributed by atoms with van der Waals surface area (Å²) in [6.07, 6.45) is 0.169. The minimum Gasteiger partial charge on any atom is -0.497 e. The number of carbonyl (C=O) groups excluding carboxylic acids is 3. The first-order chi connectivity index (χ1) is 14.5. The van der Waals surface area contributed by atoms with Crippen molar-refractivity contribution < 1.29 is 23.9 Å². The number of carbonyl (C=O) groups is 3. The largest absolute Gasteiger partial charge is 0.497 e. The summed E-state index contributed by atoms with van der Waals surface area (Å²) in [5.41, 5.74) is 1.37. The van der Waals surface area contributed by atoms with E-state index in [-0.39, 0.29) is 18.2 Å². The number of ether oxygens (including phenoxy) is 2. The predicted octanol–water partition coefficient (Wildman–Crippen LogP) is 3.10. The molecule has 0 saturated carbocycles. The van der Waals surface area contributed by atoms with Gasteiger partial charge in [-0.15, -0.1) is 0 Å². The average Bonchev–Trinajstić information content (AvgIpc) is 2.74. The number of hydrogen-bond donors (Lipinski definition) is 2. The Morgan fingerprint density at radius 3 is 2.60 bits per heavy atom. The molecule has 30 heavy (non-hydrogen) atoms. The minimum absolute atomic E-state index is 0.229. The summed E-state index contributed by atoms with van der Waals surface area (Å²) in [5, 5.41) is 5.44. The lowest BCUT2D eigenvalue weighted by Crippen LogP contribution is -2.50. The van der Waals surface area contributed by atoms with Crippen LogP contribution in [0.3, 0.4) is 0 Å². The Hall–Kier alpha value is -3.55. The summed E-state index contributed by atoms with van der Waals surface area (Å²) < 4.78 is 11.0. The van der Waals surface area contributed by atoms with Crippen LogP contribution < -0.4 is 15.4 Å². The van der Waals surface area contributed by atoms with Gasteiger partial charge in [0.15, 0.2) is 0 Å². The topological polar surface area (TPSA) is 97.0 Å². The summed E-state index contributed by atoms with van der Waals surface area (Å²) in [7, 11) is 1.58. The van der Waals surface area contributed by atoms with E-state index in [0.717, 1.165) is 5.56 Å². The van der Waals surface area contributed by atoms with Crippen molar-refractivity contribution in [3.8, 4) is 5.75 Å². The van der Waals surface area contributed by atoms with Crippen molar-refractivity contribution in [2.45, 2.75) is 24.9 Å². The van der Waals surface area contributed by atoms with E-state index >= 15 is 0 Å². The van der Waals surface area contributed by atoms with Crippen LogP contribution in [-0.4, -0.2) is 43.0 Å². The maximum Gasteiger partial charge on any atom is 0.412 e. The van der Waals surface area contributed by atoms with Crippen LogP contribution in [-0.2, 0) is 19.9 Å². The van der Waals surface area contributed by atoms with Crippen molar-refractivity contribution in [1.29, 1.82) is 0 Å². The lowest BCUT2D eigenvalue weighted by atomic mass is 9.82. The Kier molecular flexibility index (Phi) is 5.31. The van der Waals surface area contributed by atoms with Crippen molar-refractivity contribution in [2.24, 2.45) is 0 Å². The summed E-state index contributed by atoms with van der Waals surface area (Å²) in [6.45, 7) is 0.781. The van der Waals surface area contributed by atoms with Crippen LogP contribution in [0.4, 0.5) is 16.2 Å². The van der Waals surface area contributed by atoms with Crippen LogP contribution in [0, 0.1) is 0 Å². The molecule has 2 aromatic rings. The third-order valence-electron chi connectivity index (χ3n) is 5.54. The van der Waals surface area contributed by atoms with Gasteiger partial charge >= 0.3 is 6.09 Å². The predicted molar refractivity (Wildman–Crippen MR) is 110 cm³/mol. The van der Waals surface area contributed by atoms with Crippen molar-refractivity contribution in [3.05, 3.63) is 54.1 Å². The fraction of sp³-hybridized carbons (Fsp3) is 0.318. The number of likely N-dealkylation sites (tertiary alicyclic amines) is 1. The van der Waals surface area contributed by atoms with Gasteiger partial charge in [-0.3, -0.25) is 14.9 Å². The molecular formula is C22H23N3O5. The quantitative estimate of drug-likeness (QED) is 0.757. The zero-order valence-electron chi connectivity index (χ0n) is 16.6. The van der Waals surface area contributed by atoms with Crippen LogP contribution in [0.1, 0.15) is 24.8 Å². The summed E-state index contributed by atoms with van der Waals surface area (Å²) in [6, 6.07) is 14.5. The van der Waals surface area contributed by atoms with Gasteiger partial charge in [0, 0.05) is 37.2 Å². The van der Waals surface area contributed by atoms with Gasteiger partial charge in [-0.1, -0.05) is 18.2 Å². The molecule has 1 saturated heterocycles. The number of rotatable bonds is 4. The molecule has 4 rings (SSSR count). The standard InChI is InChI=1S/C22H23N3O5/c1-29-16-7-8-18-17(13-16)22(30-21(28)24-18)9-11-25(12-10-22)20(27)14-19(26)23-15-5-3-2-4-6-15/h2-8,13H,9-12,14H2,1H3,(H,23,26)(H,24,28). The summed E-state index contributed by atoms with van der Waals surface area (Å²) in [5.74, 6) is 0.0724. The molecule has 0 atom stereocenters. The number of fused-ring (bicyclic) bond motifs is 2. The molecule has 1 spiro atoms. The van der Waals surface area contributed by atoms with E-state index in [2.05, 4.69) is 10.6 Å². The molecule has 156 valence electrons. The Bertz CT molecular complexity index is 968. The van der Waals surface area contributed by atoms with Crippen LogP contribution in [0.15, 0.2) is 48.5 Å². The van der Waals surface area contributed by atoms with Crippen molar-refractivity contribution in [1.82, 2.24) is 4.90 Å². The van der Waals surface area contributed by atoms with E-state index in [1.165, 1.54) is 0 Å². The highest BCUT2D eigenvalue weighted by Gasteiger charge is 2.45. The first-order valence-corrected chi connectivity index (χ1v) is 9.80. The Labute approximate surface area is 174 Å². The molecule has 2 aliphatic rings. The van der Waals surface area contributed by atoms with Crippen LogP contribution in [0.25, 0.3) is 0 Å². The van der Waals surface area contributed by atoms with E-state index in [0.29, 0.717) is 43.1 Å². The van der Waals surface area contributed by atoms with E-state index < -0.39 is 11.7 Å². The molecule has 2 aliphatic heterocycles. The van der Waals surface area contributed by atoms with Crippen LogP contribution in [0.5, 0.6) is 5.75 Å². The molecule has 0 aromatic heterocycles. The molecule has 0 aliphatic carbocycles. The zero-order chi connectivity index (χ0) is 21.1. The molecule has 1 fully saturated rings. The molecule has 2 heterocycles. The Morgan fingerprint density at radius 2 is 1.90 bits per heavy atom. The molecule has 2 N–H and O–H groups in total. The minimum atomic E-state index is -0.810. The second kappa shape index (κ2) is 8.06. The van der Waals surface area contributed by atoms with E-state index in [9.17, 15) is 14.4 Å². The number of para-hydroxylation sites is 1. The van der Waals surface area contributed by atoms with Gasteiger partial charge in [0.05, 0.1) is 12.8 Å². The van der Waals surface area contributed by atoms with Crippen molar-refractivity contribution in [2.75, 3.05) is 30.8 Å². The van der Waals surface area contributed by atoms with Gasteiger partial charge in [-0.25, -0.2) is 4.79 Å². The summed E-state index contributed by atoms with van der Waals surface area (Å²) >= 11 is 0. The normalized spacial score (nSPS) is 16.8. The lowest BCUT2D eigenvalue weighted by Gasteiger charge is -2.44. The van der Waals surface area contributed by atoms with Crippen molar-refractivity contribution in [3.63, 3.8) is 0 Å². The SMILES string of the molecule is COc1ccc2c(c1)C1(CCN(C(=O)CC(=O)Nc3ccccc3)CC1)OC(=O)N2. The first kappa shape index (κ1) is 19.8. The summed E-state index contributed by atoms with van der Waals surface area (Å²) in [4.78, 5) is 38.5. The number of nitrogens with zero attached hydrogens (tertiary/aromatic N) is 1. The highest BCUT2D eigenvalue weighted by atomic mass is 16.6. The smallest absolute Gasteiger partial charge is 0.412 e. The monoisotopic (exact) mass is 409 g/mol. The van der Waals surface area contributed by atoms with Gasteiger partial charge in [0.1, 0.15) is 17.8 Å². The number of benzene rings is 2. The number of anilines is 2. The maximum atomic E-state index is 12.6. The Balaban J connectivity index is 1.42. The molecule has 0 unspecified atom stereocenters. The lowest BCUT2D eigenvalue weighted by molar-refractivity contribution is -0.138. The first-order valence-electron chi connectivity index (χ1n) is 9.80. The highest BCUT2D eigenvalue weighted by molar-refractivity contribution is 6.03. The highest BCUT2D eigenvalue weighted by Crippen LogP contribution is 2.44. The van der Waals surface area contributed by atoms with Gasteiger partial charge < -0.3 is 19.7 Å². The second-order valence-electron chi connectivity index (χ2n) is 7.39. The molecule has 2 aromatic carbocycles. The molecule has 3 amide bonds. The fourth-order valence-corrected chi connectivity index (χ4v) is 3.97. The van der Waals surface area contributed by atoms with Crippen molar-refractivity contribution >= 4 is 29.3 Å². The number of piperidine rings is 1. The second-order valence-corrected chi connectivity index (χ2v) is 7.39. The third kappa shape index (κ3) is 3.94. The molecular weight excluding hydrogens is 386 g/mol. The van der Waals surface area contributed by atoms with Crippen LogP contribution >= 0.6 is 0 Å². The van der Waals surface area contributed by atoms with E-state index in [1.807, 2.05) is 24.3 Å². The van der Waals surface area contributed by atoms with Gasteiger partial charge in [-0.2, -0.15) is 0 Å². The number of hydrogen-bond acceptors (Lipinski definition) is 5. The third-order valence-corrected chi connectivity index (χ3v) is 5.54. The number of amides is 3. The number of nitrogens with one attached hydrogen (secondary N) is 2. The van der Waals surface area contributed by atoms with E-state index in [4.69, 9.17) is 9.47 Å². The van der Waals surface area contributed by atoms with Crippen LogP contribution in [0.2, 0.25) is 0 Å².